The van der Waals surface area contributed by atoms with E-state index in [-0.39, 0.29) is 17.4 Å². The van der Waals surface area contributed by atoms with Gasteiger partial charge in [0.15, 0.2) is 5.82 Å². The highest BCUT2D eigenvalue weighted by molar-refractivity contribution is 6.33. The molecule has 30 heavy (non-hydrogen) atoms. The Morgan fingerprint density at radius 1 is 1.17 bits per heavy atom. The van der Waals surface area contributed by atoms with Crippen molar-refractivity contribution >= 4 is 17.5 Å². The number of hydrogen-bond acceptors (Lipinski definition) is 3. The van der Waals surface area contributed by atoms with E-state index in [0.29, 0.717) is 29.8 Å². The minimum Gasteiger partial charge on any atom is -0.337 e. The lowest BCUT2D eigenvalue weighted by molar-refractivity contribution is 0.0684. The van der Waals surface area contributed by atoms with E-state index in [2.05, 4.69) is 10.1 Å². The molecule has 0 N–H and O–H groups in total. The first-order chi connectivity index (χ1) is 14.4. The average molecular weight is 427 g/mol. The number of likely N-dealkylation sites (tertiary alicyclic amines) is 1. The molecule has 1 saturated heterocycles. The number of halogens is 2. The molecule has 0 unspecified atom stereocenters. The summed E-state index contributed by atoms with van der Waals surface area (Å²) in [6.45, 7) is 5.14. The van der Waals surface area contributed by atoms with Crippen LogP contribution in [0.3, 0.4) is 0 Å². The predicted octanol–water partition coefficient (Wildman–Crippen LogP) is 4.77. The second kappa shape index (κ2) is 8.56. The number of piperidine rings is 1. The maximum Gasteiger partial charge on any atom is 0.274 e. The Kier molecular flexibility index (Phi) is 5.86. The number of nitrogens with zero attached hydrogens (tertiary/aromatic N) is 4. The molecule has 4 rings (SSSR count). The summed E-state index contributed by atoms with van der Waals surface area (Å²) in [7, 11) is 0. The second-order valence-corrected chi connectivity index (χ2v) is 8.32. The van der Waals surface area contributed by atoms with Crippen molar-refractivity contribution in [2.24, 2.45) is 5.92 Å². The summed E-state index contributed by atoms with van der Waals surface area (Å²) in [6, 6.07) is 12.2. The Morgan fingerprint density at radius 2 is 1.93 bits per heavy atom. The summed E-state index contributed by atoms with van der Waals surface area (Å²) < 4.78 is 15.1. The predicted molar refractivity (Wildman–Crippen MR) is 115 cm³/mol. The Balaban J connectivity index is 1.45. The number of amides is 1. The van der Waals surface area contributed by atoms with Crippen LogP contribution in [0, 0.1) is 25.6 Å². The lowest BCUT2D eigenvalue weighted by Crippen LogP contribution is -2.39. The first kappa shape index (κ1) is 20.5. The van der Waals surface area contributed by atoms with E-state index in [1.807, 2.05) is 26.0 Å². The first-order valence-corrected chi connectivity index (χ1v) is 10.5. The molecular formula is C23H24ClFN4O. The number of aryl methyl sites for hydroxylation is 2. The molecule has 0 atom stereocenters. The normalized spacial score (nSPS) is 14.9. The first-order valence-electron chi connectivity index (χ1n) is 10.1. The van der Waals surface area contributed by atoms with Crippen molar-refractivity contribution in [3.05, 3.63) is 75.9 Å². The Labute approximate surface area is 180 Å². The van der Waals surface area contributed by atoms with Crippen molar-refractivity contribution in [1.82, 2.24) is 19.7 Å². The Hall–Kier alpha value is -2.73. The molecule has 1 amide bonds. The summed E-state index contributed by atoms with van der Waals surface area (Å²) in [4.78, 5) is 19.4. The number of hydrogen-bond donors (Lipinski definition) is 0. The molecule has 1 aromatic carbocycles. The van der Waals surface area contributed by atoms with Gasteiger partial charge in [-0.25, -0.2) is 14.1 Å². The van der Waals surface area contributed by atoms with Crippen molar-refractivity contribution in [2.45, 2.75) is 33.1 Å². The topological polar surface area (TPSA) is 51.0 Å². The lowest BCUT2D eigenvalue weighted by Gasteiger charge is -2.32. The minimum atomic E-state index is -0.205. The molecule has 1 aliphatic rings. The summed E-state index contributed by atoms with van der Waals surface area (Å²) in [5, 5.41) is 4.78. The van der Waals surface area contributed by atoms with E-state index < -0.39 is 0 Å². The van der Waals surface area contributed by atoms with E-state index in [9.17, 15) is 9.18 Å². The Morgan fingerprint density at radius 3 is 2.60 bits per heavy atom. The van der Waals surface area contributed by atoms with Crippen LogP contribution < -0.4 is 0 Å². The fourth-order valence-corrected chi connectivity index (χ4v) is 4.23. The summed E-state index contributed by atoms with van der Waals surface area (Å²) >= 11 is 6.32. The summed E-state index contributed by atoms with van der Waals surface area (Å²) in [5.41, 5.74) is 3.09. The van der Waals surface area contributed by atoms with Crippen LogP contribution in [0.15, 0.2) is 42.5 Å². The summed E-state index contributed by atoms with van der Waals surface area (Å²) in [6.07, 6.45) is 2.57. The highest BCUT2D eigenvalue weighted by atomic mass is 35.5. The van der Waals surface area contributed by atoms with Gasteiger partial charge < -0.3 is 4.90 Å². The zero-order chi connectivity index (χ0) is 21.3. The maximum absolute atomic E-state index is 13.4. The number of benzene rings is 1. The number of carbonyl (C=O) groups excluding carboxylic acids is 1. The van der Waals surface area contributed by atoms with Crippen LogP contribution in [0.25, 0.3) is 5.82 Å². The zero-order valence-corrected chi connectivity index (χ0v) is 17.9. The van der Waals surface area contributed by atoms with Gasteiger partial charge in [0, 0.05) is 18.8 Å². The van der Waals surface area contributed by atoms with Crippen LogP contribution in [0.1, 0.15) is 40.3 Å². The third-order valence-electron chi connectivity index (χ3n) is 5.58. The van der Waals surface area contributed by atoms with Crippen LogP contribution in [0.4, 0.5) is 4.39 Å². The van der Waals surface area contributed by atoms with E-state index >= 15 is 0 Å². The third kappa shape index (κ3) is 4.38. The molecular weight excluding hydrogens is 403 g/mol. The fraction of sp³-hybridized carbons (Fsp3) is 0.348. The molecule has 3 aromatic rings. The highest BCUT2D eigenvalue weighted by Crippen LogP contribution is 2.25. The number of rotatable bonds is 4. The van der Waals surface area contributed by atoms with Crippen LogP contribution in [-0.2, 0) is 6.42 Å². The maximum atomic E-state index is 13.4. The lowest BCUT2D eigenvalue weighted by atomic mass is 9.90. The van der Waals surface area contributed by atoms with Gasteiger partial charge in [-0.3, -0.25) is 4.79 Å². The van der Waals surface area contributed by atoms with Crippen LogP contribution in [-0.4, -0.2) is 38.7 Å². The van der Waals surface area contributed by atoms with Crippen LogP contribution in [0.2, 0.25) is 5.02 Å². The van der Waals surface area contributed by atoms with Crippen molar-refractivity contribution in [1.29, 1.82) is 0 Å². The van der Waals surface area contributed by atoms with Gasteiger partial charge in [0.1, 0.15) is 11.5 Å². The van der Waals surface area contributed by atoms with E-state index in [0.717, 1.165) is 36.2 Å². The van der Waals surface area contributed by atoms with Gasteiger partial charge in [0.25, 0.3) is 5.91 Å². The molecule has 0 bridgehead atoms. The van der Waals surface area contributed by atoms with Crippen molar-refractivity contribution in [3.8, 4) is 5.82 Å². The molecule has 5 nitrogen and oxygen atoms in total. The van der Waals surface area contributed by atoms with E-state index in [4.69, 9.17) is 11.6 Å². The van der Waals surface area contributed by atoms with Gasteiger partial charge in [-0.15, -0.1) is 0 Å². The van der Waals surface area contributed by atoms with Gasteiger partial charge in [-0.05, 0) is 74.9 Å². The molecule has 3 heterocycles. The smallest absolute Gasteiger partial charge is 0.274 e. The summed E-state index contributed by atoms with van der Waals surface area (Å²) in [5.74, 6) is 0.644. The Bertz CT molecular complexity index is 1070. The molecule has 156 valence electrons. The van der Waals surface area contributed by atoms with Crippen molar-refractivity contribution in [2.75, 3.05) is 13.1 Å². The fourth-order valence-electron chi connectivity index (χ4n) is 4.05. The van der Waals surface area contributed by atoms with Crippen molar-refractivity contribution < 1.29 is 9.18 Å². The molecule has 0 aliphatic carbocycles. The van der Waals surface area contributed by atoms with Gasteiger partial charge in [0.2, 0.25) is 0 Å². The second-order valence-electron chi connectivity index (χ2n) is 7.91. The zero-order valence-electron chi connectivity index (χ0n) is 17.1. The number of aromatic nitrogens is 3. The molecule has 1 fully saturated rings. The van der Waals surface area contributed by atoms with Gasteiger partial charge in [-0.1, -0.05) is 23.7 Å². The SMILES string of the molecule is Cc1cc(C)n(-c2ccc(Cl)c(C(=O)N3CCC(Cc4cccc(F)c4)CC3)n2)n1. The van der Waals surface area contributed by atoms with E-state index in [1.54, 1.807) is 33.8 Å². The molecule has 2 aromatic heterocycles. The van der Waals surface area contributed by atoms with Crippen LogP contribution >= 0.6 is 11.6 Å². The molecule has 0 spiro atoms. The monoisotopic (exact) mass is 426 g/mol. The largest absolute Gasteiger partial charge is 0.337 e. The highest BCUT2D eigenvalue weighted by Gasteiger charge is 2.26. The molecule has 7 heteroatoms. The van der Waals surface area contributed by atoms with Crippen LogP contribution in [0.5, 0.6) is 0 Å². The standard InChI is InChI=1S/C23H24ClFN4O/c1-15-12-16(2)29(27-15)21-7-6-20(24)22(26-21)23(30)28-10-8-17(9-11-28)13-18-4-3-5-19(25)14-18/h3-7,12,14,17H,8-11,13H2,1-2H3. The van der Waals surface area contributed by atoms with Gasteiger partial charge in [0.05, 0.1) is 10.7 Å². The van der Waals surface area contributed by atoms with E-state index in [1.165, 1.54) is 6.07 Å². The quantitative estimate of drug-likeness (QED) is 0.603. The minimum absolute atomic E-state index is 0.160. The van der Waals surface area contributed by atoms with Gasteiger partial charge >= 0.3 is 0 Å². The molecule has 0 saturated carbocycles. The molecule has 1 aliphatic heterocycles. The average Bonchev–Trinajstić information content (AvgIpc) is 3.06. The van der Waals surface area contributed by atoms with Gasteiger partial charge in [-0.2, -0.15) is 5.10 Å². The number of carbonyl (C=O) groups is 1. The third-order valence-corrected chi connectivity index (χ3v) is 5.88. The molecule has 0 radical (unpaired) electrons. The van der Waals surface area contributed by atoms with Crippen molar-refractivity contribution in [3.63, 3.8) is 0 Å². The number of pyridine rings is 1.